The van der Waals surface area contributed by atoms with Gasteiger partial charge in [0, 0.05) is 29.5 Å². The van der Waals surface area contributed by atoms with Crippen molar-refractivity contribution in [1.29, 1.82) is 0 Å². The van der Waals surface area contributed by atoms with E-state index in [0.29, 0.717) is 41.7 Å². The van der Waals surface area contributed by atoms with Crippen LogP contribution in [-0.4, -0.2) is 12.1 Å². The van der Waals surface area contributed by atoms with Gasteiger partial charge in [-0.1, -0.05) is 91.1 Å². The van der Waals surface area contributed by atoms with Crippen molar-refractivity contribution in [2.45, 2.75) is 82.2 Å². The van der Waals surface area contributed by atoms with Gasteiger partial charge in [0.1, 0.15) is 0 Å². The van der Waals surface area contributed by atoms with Gasteiger partial charge in [-0.05, 0) is 128 Å². The first-order valence-corrected chi connectivity index (χ1v) is 17.4. The van der Waals surface area contributed by atoms with Crippen LogP contribution in [-0.2, 0) is 0 Å². The molecule has 9 rings (SSSR count). The molecule has 1 aromatic rings. The van der Waals surface area contributed by atoms with Crippen LogP contribution in [0.4, 0.5) is 5.69 Å². The van der Waals surface area contributed by atoms with Gasteiger partial charge in [-0.2, -0.15) is 0 Å². The quantitative estimate of drug-likeness (QED) is 0.331. The summed E-state index contributed by atoms with van der Waals surface area (Å²) in [6.45, 7) is 0. The number of benzene rings is 1. The average molecular weight is 564 g/mol. The average Bonchev–Trinajstić information content (AvgIpc) is 3.43. The summed E-state index contributed by atoms with van der Waals surface area (Å²) >= 11 is 0. The highest BCUT2D eigenvalue weighted by atomic mass is 15.2. The highest BCUT2D eigenvalue weighted by molar-refractivity contribution is 5.59. The molecule has 8 atom stereocenters. The van der Waals surface area contributed by atoms with Crippen molar-refractivity contribution in [2.24, 2.45) is 29.6 Å². The van der Waals surface area contributed by atoms with Gasteiger partial charge in [-0.3, -0.25) is 0 Å². The highest BCUT2D eigenvalue weighted by Gasteiger charge is 2.51. The molecule has 0 spiro atoms. The summed E-state index contributed by atoms with van der Waals surface area (Å²) in [4.78, 5) is 2.82. The van der Waals surface area contributed by atoms with Crippen LogP contribution >= 0.6 is 0 Å². The maximum absolute atomic E-state index is 2.82. The van der Waals surface area contributed by atoms with E-state index in [4.69, 9.17) is 0 Å². The summed E-state index contributed by atoms with van der Waals surface area (Å²) in [5.74, 6) is 3.86. The normalized spacial score (nSPS) is 37.1. The van der Waals surface area contributed by atoms with Gasteiger partial charge in [0.2, 0.25) is 0 Å². The summed E-state index contributed by atoms with van der Waals surface area (Å²) in [6, 6.07) is 10.8. The molecular weight excluding hydrogens is 518 g/mol. The lowest BCUT2D eigenvalue weighted by Crippen LogP contribution is -2.39. The minimum Gasteiger partial charge on any atom is -0.361 e. The first-order chi connectivity index (χ1) is 21.3. The van der Waals surface area contributed by atoms with Crippen LogP contribution in [0.3, 0.4) is 0 Å². The zero-order valence-electron chi connectivity index (χ0n) is 25.5. The van der Waals surface area contributed by atoms with Crippen LogP contribution in [0.5, 0.6) is 0 Å². The fourth-order valence-electron chi connectivity index (χ4n) is 10.5. The van der Waals surface area contributed by atoms with E-state index in [-0.39, 0.29) is 0 Å². The molecule has 1 aromatic carbocycles. The molecule has 43 heavy (non-hydrogen) atoms. The van der Waals surface area contributed by atoms with Crippen molar-refractivity contribution < 1.29 is 0 Å². The number of hydrogen-bond acceptors (Lipinski definition) is 1. The predicted octanol–water partition coefficient (Wildman–Crippen LogP) is 10.3. The zero-order valence-corrected chi connectivity index (χ0v) is 25.5. The van der Waals surface area contributed by atoms with E-state index in [2.05, 4.69) is 108 Å². The van der Waals surface area contributed by atoms with Crippen LogP contribution in [0.15, 0.2) is 131 Å². The number of nitrogens with zero attached hydrogens (tertiary/aromatic N) is 1. The maximum atomic E-state index is 2.82. The SMILES string of the molecule is C1=CC2C3C(C4=CC=C5C6=C(C=CCC6)C6C=CCCC6C5C4)=CCCC3N(c3ccc(C4CC=CCC4)cc3)C2C=C1. The molecule has 7 aliphatic carbocycles. The van der Waals surface area contributed by atoms with Crippen molar-refractivity contribution >= 4 is 5.69 Å². The van der Waals surface area contributed by atoms with Crippen molar-refractivity contribution in [3.05, 3.63) is 137 Å². The molecule has 0 bridgehead atoms. The molecule has 1 fully saturated rings. The molecule has 1 heteroatoms. The summed E-state index contributed by atoms with van der Waals surface area (Å²) in [7, 11) is 0. The predicted molar refractivity (Wildman–Crippen MR) is 180 cm³/mol. The number of hydrogen-bond donors (Lipinski definition) is 0. The standard InChI is InChI=1S/C42H45N/c1-2-11-28(12-3-1)29-21-24-31(25-22-29)43-40-19-9-8-17-38(40)42-32(18-10-20-41(42)43)30-23-26-37-35-15-5-4-13-33(35)34-14-6-7-16-36(34)39(37)27-30/h1-2,4,6,8-9,13-14,17-19,21-26,28,34,36,38-42H,3,5,7,10-12,15-16,20,27H2. The van der Waals surface area contributed by atoms with Crippen LogP contribution in [0.25, 0.3) is 0 Å². The molecule has 218 valence electrons. The van der Waals surface area contributed by atoms with Gasteiger partial charge in [0.15, 0.2) is 0 Å². The lowest BCUT2D eigenvalue weighted by molar-refractivity contribution is 0.274. The Morgan fingerprint density at radius 1 is 0.744 bits per heavy atom. The molecule has 8 aliphatic rings. The number of fused-ring (bicyclic) bond motifs is 8. The van der Waals surface area contributed by atoms with E-state index >= 15 is 0 Å². The van der Waals surface area contributed by atoms with Crippen molar-refractivity contribution in [2.75, 3.05) is 4.90 Å². The summed E-state index contributed by atoms with van der Waals surface area (Å²) in [5.41, 5.74) is 11.3. The second-order valence-electron chi connectivity index (χ2n) is 14.3. The maximum Gasteiger partial charge on any atom is 0.0548 e. The topological polar surface area (TPSA) is 3.24 Å². The first-order valence-electron chi connectivity index (χ1n) is 17.4. The molecular formula is C42H45N. The largest absolute Gasteiger partial charge is 0.361 e. The van der Waals surface area contributed by atoms with E-state index in [1.807, 2.05) is 0 Å². The zero-order chi connectivity index (χ0) is 28.3. The van der Waals surface area contributed by atoms with Crippen LogP contribution < -0.4 is 4.90 Å². The Balaban J connectivity index is 1.05. The first kappa shape index (κ1) is 26.1. The number of rotatable bonds is 3. The Morgan fingerprint density at radius 3 is 2.56 bits per heavy atom. The van der Waals surface area contributed by atoms with Crippen LogP contribution in [0.2, 0.25) is 0 Å². The van der Waals surface area contributed by atoms with E-state index in [0.717, 1.165) is 5.92 Å². The second-order valence-corrected chi connectivity index (χ2v) is 14.3. The Morgan fingerprint density at radius 2 is 1.65 bits per heavy atom. The lowest BCUT2D eigenvalue weighted by Gasteiger charge is -2.46. The third-order valence-corrected chi connectivity index (χ3v) is 12.3. The van der Waals surface area contributed by atoms with E-state index < -0.39 is 0 Å². The number of anilines is 1. The second kappa shape index (κ2) is 10.7. The van der Waals surface area contributed by atoms with Gasteiger partial charge in [-0.25, -0.2) is 0 Å². The minimum atomic E-state index is 0.449. The van der Waals surface area contributed by atoms with Crippen LogP contribution in [0.1, 0.15) is 75.7 Å². The van der Waals surface area contributed by atoms with Crippen molar-refractivity contribution in [3.8, 4) is 0 Å². The van der Waals surface area contributed by atoms with Crippen LogP contribution in [0, 0.1) is 29.6 Å². The third-order valence-electron chi connectivity index (χ3n) is 12.3. The monoisotopic (exact) mass is 563 g/mol. The Bertz CT molecular complexity index is 1560. The molecule has 1 heterocycles. The minimum absolute atomic E-state index is 0.449. The Labute approximate surface area is 258 Å². The fourth-order valence-corrected chi connectivity index (χ4v) is 10.5. The summed E-state index contributed by atoms with van der Waals surface area (Å²) in [5, 5.41) is 0. The molecule has 0 aromatic heterocycles. The van der Waals surface area contributed by atoms with Gasteiger partial charge >= 0.3 is 0 Å². The fraction of sp³-hybridized carbons (Fsp3) is 0.429. The van der Waals surface area contributed by atoms with Gasteiger partial charge in [-0.15, -0.1) is 0 Å². The number of allylic oxidation sites excluding steroid dienone is 15. The Hall–Kier alpha value is -3.32. The van der Waals surface area contributed by atoms with Crippen molar-refractivity contribution in [3.63, 3.8) is 0 Å². The van der Waals surface area contributed by atoms with E-state index in [1.54, 1.807) is 27.9 Å². The van der Waals surface area contributed by atoms with Gasteiger partial charge < -0.3 is 4.90 Å². The summed E-state index contributed by atoms with van der Waals surface area (Å²) in [6.07, 6.45) is 44.5. The molecule has 0 amide bonds. The molecule has 1 saturated heterocycles. The molecule has 0 radical (unpaired) electrons. The lowest BCUT2D eigenvalue weighted by atomic mass is 9.58. The highest BCUT2D eigenvalue weighted by Crippen LogP contribution is 2.56. The molecule has 1 aliphatic heterocycles. The van der Waals surface area contributed by atoms with E-state index in [9.17, 15) is 0 Å². The molecule has 8 unspecified atom stereocenters. The molecule has 1 nitrogen and oxygen atoms in total. The Kier molecular flexibility index (Phi) is 6.49. The molecule has 0 saturated carbocycles. The van der Waals surface area contributed by atoms with Gasteiger partial charge in [0.25, 0.3) is 0 Å². The smallest absolute Gasteiger partial charge is 0.0548 e. The summed E-state index contributed by atoms with van der Waals surface area (Å²) < 4.78 is 0. The molecule has 0 N–H and O–H groups in total. The van der Waals surface area contributed by atoms with Gasteiger partial charge in [0.05, 0.1) is 6.04 Å². The third kappa shape index (κ3) is 4.25. The van der Waals surface area contributed by atoms with Crippen molar-refractivity contribution in [1.82, 2.24) is 0 Å². The van der Waals surface area contributed by atoms with E-state index in [1.165, 1.54) is 75.5 Å².